The Bertz CT molecular complexity index is 925. The Hall–Kier alpha value is -2.70. The molecule has 2 amide bonds. The highest BCUT2D eigenvalue weighted by molar-refractivity contribution is 7.17. The molecule has 0 unspecified atom stereocenters. The molecule has 3 rings (SSSR count). The molecule has 0 saturated heterocycles. The van der Waals surface area contributed by atoms with Gasteiger partial charge in [-0.2, -0.15) is 0 Å². The molecule has 0 bridgehead atoms. The Labute approximate surface area is 153 Å². The fourth-order valence-corrected chi connectivity index (χ4v) is 3.21. The van der Waals surface area contributed by atoms with E-state index in [1.165, 1.54) is 18.3 Å². The molecule has 1 heterocycles. The van der Waals surface area contributed by atoms with Gasteiger partial charge in [0.25, 0.3) is 5.91 Å². The van der Waals surface area contributed by atoms with Crippen LogP contribution in [0.25, 0.3) is 10.6 Å². The molecule has 0 atom stereocenters. The number of aromatic nitrogens is 1. The lowest BCUT2D eigenvalue weighted by Crippen LogP contribution is -2.11. The molecule has 2 N–H and O–H groups in total. The SMILES string of the molecule is CC(=O)Nc1ccc(NC(=O)c2cnc(-c3ccccc3)s2)cc1Cl. The van der Waals surface area contributed by atoms with Crippen molar-refractivity contribution in [2.75, 3.05) is 10.6 Å². The maximum atomic E-state index is 12.4. The average molecular weight is 372 g/mol. The second kappa shape index (κ2) is 7.46. The van der Waals surface area contributed by atoms with Crippen molar-refractivity contribution in [1.29, 1.82) is 0 Å². The van der Waals surface area contributed by atoms with Crippen LogP contribution in [0.2, 0.25) is 5.02 Å². The van der Waals surface area contributed by atoms with Gasteiger partial charge in [0.05, 0.1) is 16.9 Å². The predicted molar refractivity (Wildman–Crippen MR) is 101 cm³/mol. The first-order chi connectivity index (χ1) is 12.0. The lowest BCUT2D eigenvalue weighted by molar-refractivity contribution is -0.114. The van der Waals surface area contributed by atoms with Crippen LogP contribution in [-0.4, -0.2) is 16.8 Å². The number of nitrogens with one attached hydrogen (secondary N) is 2. The number of hydrogen-bond acceptors (Lipinski definition) is 4. The van der Waals surface area contributed by atoms with Gasteiger partial charge in [-0.25, -0.2) is 4.98 Å². The molecule has 0 aliphatic rings. The summed E-state index contributed by atoms with van der Waals surface area (Å²) in [6, 6.07) is 14.6. The first-order valence-corrected chi connectivity index (χ1v) is 8.62. The maximum Gasteiger partial charge on any atom is 0.267 e. The number of carbonyl (C=O) groups excluding carboxylic acids is 2. The van der Waals surface area contributed by atoms with Gasteiger partial charge in [0.1, 0.15) is 9.88 Å². The van der Waals surface area contributed by atoms with E-state index in [0.717, 1.165) is 10.6 Å². The van der Waals surface area contributed by atoms with Crippen LogP contribution in [-0.2, 0) is 4.79 Å². The summed E-state index contributed by atoms with van der Waals surface area (Å²) >= 11 is 7.43. The normalized spacial score (nSPS) is 10.3. The zero-order valence-electron chi connectivity index (χ0n) is 13.2. The number of amides is 2. The van der Waals surface area contributed by atoms with Gasteiger partial charge in [-0.15, -0.1) is 11.3 Å². The highest BCUT2D eigenvalue weighted by atomic mass is 35.5. The first-order valence-electron chi connectivity index (χ1n) is 7.42. The molecule has 2 aromatic carbocycles. The van der Waals surface area contributed by atoms with Crippen LogP contribution < -0.4 is 10.6 Å². The van der Waals surface area contributed by atoms with E-state index in [1.807, 2.05) is 30.3 Å². The lowest BCUT2D eigenvalue weighted by atomic mass is 10.2. The molecule has 7 heteroatoms. The second-order valence-electron chi connectivity index (χ2n) is 5.23. The van der Waals surface area contributed by atoms with E-state index in [0.29, 0.717) is 21.3 Å². The Balaban J connectivity index is 1.73. The topological polar surface area (TPSA) is 71.1 Å². The van der Waals surface area contributed by atoms with E-state index < -0.39 is 0 Å². The summed E-state index contributed by atoms with van der Waals surface area (Å²) in [5, 5.41) is 6.53. The molecule has 25 heavy (non-hydrogen) atoms. The van der Waals surface area contributed by atoms with E-state index in [-0.39, 0.29) is 11.8 Å². The number of rotatable bonds is 4. The highest BCUT2D eigenvalue weighted by Crippen LogP contribution is 2.28. The van der Waals surface area contributed by atoms with Crippen LogP contribution in [0.15, 0.2) is 54.7 Å². The van der Waals surface area contributed by atoms with Gasteiger partial charge < -0.3 is 10.6 Å². The third kappa shape index (κ3) is 4.23. The Morgan fingerprint density at radius 1 is 1.08 bits per heavy atom. The van der Waals surface area contributed by atoms with Crippen molar-refractivity contribution in [1.82, 2.24) is 4.98 Å². The van der Waals surface area contributed by atoms with Crippen molar-refractivity contribution >= 4 is 46.1 Å². The molecule has 126 valence electrons. The lowest BCUT2D eigenvalue weighted by Gasteiger charge is -2.08. The van der Waals surface area contributed by atoms with Crippen molar-refractivity contribution in [3.8, 4) is 10.6 Å². The van der Waals surface area contributed by atoms with Crippen molar-refractivity contribution in [2.45, 2.75) is 6.92 Å². The molecule has 0 aliphatic carbocycles. The third-order valence-electron chi connectivity index (χ3n) is 3.29. The molecule has 0 spiro atoms. The Morgan fingerprint density at radius 3 is 2.52 bits per heavy atom. The molecule has 0 fully saturated rings. The van der Waals surface area contributed by atoms with E-state index in [4.69, 9.17) is 11.6 Å². The number of thiazole rings is 1. The Kier molecular flexibility index (Phi) is 5.11. The minimum absolute atomic E-state index is 0.211. The van der Waals surface area contributed by atoms with Gasteiger partial charge in [0, 0.05) is 18.2 Å². The van der Waals surface area contributed by atoms with Gasteiger partial charge in [0.2, 0.25) is 5.91 Å². The van der Waals surface area contributed by atoms with Crippen LogP contribution in [0.3, 0.4) is 0 Å². The smallest absolute Gasteiger partial charge is 0.267 e. The molecular weight excluding hydrogens is 358 g/mol. The van der Waals surface area contributed by atoms with Gasteiger partial charge >= 0.3 is 0 Å². The van der Waals surface area contributed by atoms with Gasteiger partial charge in [-0.3, -0.25) is 9.59 Å². The number of halogens is 1. The molecule has 0 aliphatic heterocycles. The summed E-state index contributed by atoms with van der Waals surface area (Å²) < 4.78 is 0. The van der Waals surface area contributed by atoms with Gasteiger partial charge in [0.15, 0.2) is 0 Å². The maximum absolute atomic E-state index is 12.4. The predicted octanol–water partition coefficient (Wildman–Crippen LogP) is 4.67. The van der Waals surface area contributed by atoms with E-state index >= 15 is 0 Å². The van der Waals surface area contributed by atoms with Crippen molar-refractivity contribution in [2.24, 2.45) is 0 Å². The van der Waals surface area contributed by atoms with E-state index in [9.17, 15) is 9.59 Å². The van der Waals surface area contributed by atoms with Crippen LogP contribution in [0.5, 0.6) is 0 Å². The van der Waals surface area contributed by atoms with Crippen LogP contribution >= 0.6 is 22.9 Å². The molecule has 0 saturated carbocycles. The van der Waals surface area contributed by atoms with Crippen molar-refractivity contribution < 1.29 is 9.59 Å². The second-order valence-corrected chi connectivity index (χ2v) is 6.66. The van der Waals surface area contributed by atoms with Gasteiger partial charge in [-0.05, 0) is 18.2 Å². The minimum atomic E-state index is -0.261. The largest absolute Gasteiger partial charge is 0.325 e. The van der Waals surface area contributed by atoms with Crippen LogP contribution in [0.4, 0.5) is 11.4 Å². The number of nitrogens with zero attached hydrogens (tertiary/aromatic N) is 1. The Morgan fingerprint density at radius 2 is 1.84 bits per heavy atom. The number of hydrogen-bond donors (Lipinski definition) is 2. The summed E-state index contributed by atoms with van der Waals surface area (Å²) in [4.78, 5) is 28.3. The molecular formula is C18H14ClN3O2S. The third-order valence-corrected chi connectivity index (χ3v) is 4.65. The first kappa shape index (κ1) is 17.1. The summed E-state index contributed by atoms with van der Waals surface area (Å²) in [6.45, 7) is 1.40. The molecule has 1 aromatic heterocycles. The van der Waals surface area contributed by atoms with E-state index in [2.05, 4.69) is 15.6 Å². The fraction of sp³-hybridized carbons (Fsp3) is 0.0556. The average Bonchev–Trinajstić information content (AvgIpc) is 3.08. The molecule has 3 aromatic rings. The minimum Gasteiger partial charge on any atom is -0.325 e. The molecule has 0 radical (unpaired) electrons. The quantitative estimate of drug-likeness (QED) is 0.699. The van der Waals surface area contributed by atoms with Crippen molar-refractivity contribution in [3.63, 3.8) is 0 Å². The zero-order chi connectivity index (χ0) is 17.8. The zero-order valence-corrected chi connectivity index (χ0v) is 14.8. The van der Waals surface area contributed by atoms with Gasteiger partial charge in [-0.1, -0.05) is 41.9 Å². The number of anilines is 2. The summed E-state index contributed by atoms with van der Waals surface area (Å²) in [6.07, 6.45) is 1.55. The monoisotopic (exact) mass is 371 g/mol. The summed E-state index contributed by atoms with van der Waals surface area (Å²) in [5.41, 5.74) is 2.00. The number of carbonyl (C=O) groups is 2. The molecule has 5 nitrogen and oxygen atoms in total. The highest BCUT2D eigenvalue weighted by Gasteiger charge is 2.13. The standard InChI is InChI=1S/C18H14ClN3O2S/c1-11(23)21-15-8-7-13(9-14(15)19)22-17(24)16-10-20-18(25-16)12-5-3-2-4-6-12/h2-10H,1H3,(H,21,23)(H,22,24). The van der Waals surface area contributed by atoms with Crippen LogP contribution in [0.1, 0.15) is 16.6 Å². The fourth-order valence-electron chi connectivity index (χ4n) is 2.17. The van der Waals surface area contributed by atoms with Crippen LogP contribution in [0, 0.1) is 0 Å². The van der Waals surface area contributed by atoms with E-state index in [1.54, 1.807) is 24.4 Å². The number of benzene rings is 2. The summed E-state index contributed by atoms with van der Waals surface area (Å²) in [5.74, 6) is -0.472. The van der Waals surface area contributed by atoms with Crippen molar-refractivity contribution in [3.05, 3.63) is 64.6 Å². The summed E-state index contributed by atoms with van der Waals surface area (Å²) in [7, 11) is 0.